The van der Waals surface area contributed by atoms with E-state index in [4.69, 9.17) is 11.6 Å². The summed E-state index contributed by atoms with van der Waals surface area (Å²) in [5.41, 5.74) is 1.20. The van der Waals surface area contributed by atoms with Crippen LogP contribution < -0.4 is 0 Å². The minimum absolute atomic E-state index is 0.0582. The standard InChI is InChI=1S/C12H11ClFNO/c1-15-6-2-3-11(15)12(16)8-4-5-9(13)10(14)7-8/h2-7,12,16H,1H3/t12-/m0/s1. The van der Waals surface area contributed by atoms with E-state index in [1.54, 1.807) is 16.7 Å². The molecule has 2 aromatic rings. The van der Waals surface area contributed by atoms with Crippen LogP contribution in [-0.2, 0) is 7.05 Å². The molecule has 0 amide bonds. The van der Waals surface area contributed by atoms with Gasteiger partial charge in [0.15, 0.2) is 0 Å². The zero-order valence-corrected chi connectivity index (χ0v) is 9.45. The van der Waals surface area contributed by atoms with Crippen LogP contribution in [0.3, 0.4) is 0 Å². The van der Waals surface area contributed by atoms with E-state index in [9.17, 15) is 9.50 Å². The smallest absolute Gasteiger partial charge is 0.142 e. The maximum atomic E-state index is 13.2. The second-order valence-electron chi connectivity index (χ2n) is 3.62. The van der Waals surface area contributed by atoms with E-state index in [0.717, 1.165) is 0 Å². The first-order valence-corrected chi connectivity index (χ1v) is 5.21. The molecule has 0 aliphatic heterocycles. The first kappa shape index (κ1) is 11.2. The van der Waals surface area contributed by atoms with Crippen molar-refractivity contribution in [2.45, 2.75) is 6.10 Å². The van der Waals surface area contributed by atoms with Gasteiger partial charge in [-0.15, -0.1) is 0 Å². The SMILES string of the molecule is Cn1cccc1[C@@H](O)c1ccc(Cl)c(F)c1. The van der Waals surface area contributed by atoms with Crippen LogP contribution in [0, 0.1) is 5.82 Å². The molecule has 0 saturated carbocycles. The number of rotatable bonds is 2. The van der Waals surface area contributed by atoms with Crippen molar-refractivity contribution in [1.82, 2.24) is 4.57 Å². The van der Waals surface area contributed by atoms with E-state index in [1.165, 1.54) is 12.1 Å². The molecule has 4 heteroatoms. The van der Waals surface area contributed by atoms with Gasteiger partial charge in [-0.1, -0.05) is 17.7 Å². The summed E-state index contributed by atoms with van der Waals surface area (Å²) in [4.78, 5) is 0. The molecule has 2 nitrogen and oxygen atoms in total. The van der Waals surface area contributed by atoms with Crippen LogP contribution in [0.4, 0.5) is 4.39 Å². The number of aliphatic hydroxyl groups is 1. The zero-order valence-electron chi connectivity index (χ0n) is 8.69. The molecule has 0 aliphatic rings. The Morgan fingerprint density at radius 1 is 1.38 bits per heavy atom. The summed E-state index contributed by atoms with van der Waals surface area (Å²) in [5.74, 6) is -0.521. The maximum Gasteiger partial charge on any atom is 0.142 e. The lowest BCUT2D eigenvalue weighted by Gasteiger charge is -2.12. The highest BCUT2D eigenvalue weighted by atomic mass is 35.5. The van der Waals surface area contributed by atoms with Crippen LogP contribution in [0.5, 0.6) is 0 Å². The third-order valence-corrected chi connectivity index (χ3v) is 2.83. The normalized spacial score (nSPS) is 12.8. The van der Waals surface area contributed by atoms with E-state index in [2.05, 4.69) is 0 Å². The molecule has 0 fully saturated rings. The van der Waals surface area contributed by atoms with E-state index in [-0.39, 0.29) is 5.02 Å². The predicted molar refractivity (Wildman–Crippen MR) is 60.9 cm³/mol. The summed E-state index contributed by atoms with van der Waals surface area (Å²) in [5, 5.41) is 10.1. The number of hydrogen-bond acceptors (Lipinski definition) is 1. The summed E-state index contributed by atoms with van der Waals surface area (Å²) in [7, 11) is 1.82. The second kappa shape index (κ2) is 4.28. The van der Waals surface area contributed by atoms with Gasteiger partial charge in [-0.05, 0) is 29.8 Å². The van der Waals surface area contributed by atoms with Gasteiger partial charge in [0.2, 0.25) is 0 Å². The topological polar surface area (TPSA) is 25.2 Å². The Labute approximate surface area is 97.9 Å². The molecular weight excluding hydrogens is 229 g/mol. The third kappa shape index (κ3) is 1.96. The molecule has 84 valence electrons. The Balaban J connectivity index is 2.38. The lowest BCUT2D eigenvalue weighted by atomic mass is 10.1. The highest BCUT2D eigenvalue weighted by molar-refractivity contribution is 6.30. The number of halogens is 2. The number of aryl methyl sites for hydroxylation is 1. The average molecular weight is 240 g/mol. The van der Waals surface area contributed by atoms with Gasteiger partial charge in [0.1, 0.15) is 11.9 Å². The summed E-state index contributed by atoms with van der Waals surface area (Å²) < 4.78 is 15.0. The summed E-state index contributed by atoms with van der Waals surface area (Å²) in [6, 6.07) is 7.92. The Hall–Kier alpha value is -1.32. The van der Waals surface area contributed by atoms with Gasteiger partial charge >= 0.3 is 0 Å². The van der Waals surface area contributed by atoms with E-state index < -0.39 is 11.9 Å². The first-order chi connectivity index (χ1) is 7.59. The van der Waals surface area contributed by atoms with Crippen molar-refractivity contribution in [3.63, 3.8) is 0 Å². The van der Waals surface area contributed by atoms with Gasteiger partial charge in [0.05, 0.1) is 10.7 Å². The highest BCUT2D eigenvalue weighted by Gasteiger charge is 2.14. The van der Waals surface area contributed by atoms with Crippen LogP contribution >= 0.6 is 11.6 Å². The molecule has 0 unspecified atom stereocenters. The number of aromatic nitrogens is 1. The molecule has 0 spiro atoms. The van der Waals surface area contributed by atoms with Crippen LogP contribution in [0.15, 0.2) is 36.5 Å². The molecule has 0 radical (unpaired) electrons. The van der Waals surface area contributed by atoms with Crippen molar-refractivity contribution in [2.75, 3.05) is 0 Å². The van der Waals surface area contributed by atoms with Gasteiger partial charge in [0.25, 0.3) is 0 Å². The van der Waals surface area contributed by atoms with E-state index in [1.807, 2.05) is 19.3 Å². The van der Waals surface area contributed by atoms with Crippen molar-refractivity contribution in [3.8, 4) is 0 Å². The molecule has 16 heavy (non-hydrogen) atoms. The molecule has 0 bridgehead atoms. The van der Waals surface area contributed by atoms with Crippen LogP contribution in [0.25, 0.3) is 0 Å². The van der Waals surface area contributed by atoms with Gasteiger partial charge in [-0.2, -0.15) is 0 Å². The van der Waals surface area contributed by atoms with Crippen LogP contribution in [-0.4, -0.2) is 9.67 Å². The molecule has 1 aromatic heterocycles. The molecule has 0 saturated heterocycles. The first-order valence-electron chi connectivity index (χ1n) is 4.84. The Kier molecular flexibility index (Phi) is 2.99. The Bertz CT molecular complexity index is 509. The fourth-order valence-corrected chi connectivity index (χ4v) is 1.73. The molecule has 1 N–H and O–H groups in total. The van der Waals surface area contributed by atoms with E-state index >= 15 is 0 Å². The van der Waals surface area contributed by atoms with Crippen LogP contribution in [0.1, 0.15) is 17.4 Å². The molecular formula is C12H11ClFNO. The average Bonchev–Trinajstić information content (AvgIpc) is 2.67. The molecule has 0 aliphatic carbocycles. The molecule has 2 rings (SSSR count). The number of benzene rings is 1. The Morgan fingerprint density at radius 3 is 2.69 bits per heavy atom. The molecule has 1 atom stereocenters. The fourth-order valence-electron chi connectivity index (χ4n) is 1.61. The minimum atomic E-state index is -0.841. The summed E-state index contributed by atoms with van der Waals surface area (Å²) in [6.07, 6.45) is 0.983. The number of nitrogens with zero attached hydrogens (tertiary/aromatic N) is 1. The van der Waals surface area contributed by atoms with E-state index in [0.29, 0.717) is 11.3 Å². The summed E-state index contributed by atoms with van der Waals surface area (Å²) in [6.45, 7) is 0. The lowest BCUT2D eigenvalue weighted by Crippen LogP contribution is -2.05. The number of hydrogen-bond donors (Lipinski definition) is 1. The van der Waals surface area contributed by atoms with Crippen molar-refractivity contribution in [1.29, 1.82) is 0 Å². The monoisotopic (exact) mass is 239 g/mol. The third-order valence-electron chi connectivity index (χ3n) is 2.52. The number of aliphatic hydroxyl groups excluding tert-OH is 1. The molecule has 1 aromatic carbocycles. The quantitative estimate of drug-likeness (QED) is 0.857. The van der Waals surface area contributed by atoms with Gasteiger partial charge in [0, 0.05) is 13.2 Å². The van der Waals surface area contributed by atoms with Crippen molar-refractivity contribution in [3.05, 3.63) is 58.6 Å². The van der Waals surface area contributed by atoms with Crippen molar-refractivity contribution in [2.24, 2.45) is 7.05 Å². The zero-order chi connectivity index (χ0) is 11.7. The maximum absolute atomic E-state index is 13.2. The predicted octanol–water partition coefficient (Wildman–Crippen LogP) is 2.90. The van der Waals surface area contributed by atoms with Gasteiger partial charge in [-0.3, -0.25) is 0 Å². The van der Waals surface area contributed by atoms with Crippen molar-refractivity contribution >= 4 is 11.6 Å². The largest absolute Gasteiger partial charge is 0.382 e. The molecule has 1 heterocycles. The minimum Gasteiger partial charge on any atom is -0.382 e. The summed E-state index contributed by atoms with van der Waals surface area (Å²) >= 11 is 5.58. The Morgan fingerprint density at radius 2 is 2.12 bits per heavy atom. The fraction of sp³-hybridized carbons (Fsp3) is 0.167. The van der Waals surface area contributed by atoms with Crippen molar-refractivity contribution < 1.29 is 9.50 Å². The highest BCUT2D eigenvalue weighted by Crippen LogP contribution is 2.25. The van der Waals surface area contributed by atoms with Gasteiger partial charge < -0.3 is 9.67 Å². The second-order valence-corrected chi connectivity index (χ2v) is 4.03. The van der Waals surface area contributed by atoms with Gasteiger partial charge in [-0.25, -0.2) is 4.39 Å². The lowest BCUT2D eigenvalue weighted by molar-refractivity contribution is 0.211. The van der Waals surface area contributed by atoms with Crippen LogP contribution in [0.2, 0.25) is 5.02 Å².